The first kappa shape index (κ1) is 30.6. The van der Waals surface area contributed by atoms with E-state index in [-0.39, 0.29) is 22.8 Å². The van der Waals surface area contributed by atoms with Gasteiger partial charge in [0.25, 0.3) is 11.8 Å². The molecule has 0 aliphatic rings. The van der Waals surface area contributed by atoms with Gasteiger partial charge >= 0.3 is 0 Å². The van der Waals surface area contributed by atoms with Crippen LogP contribution in [0.1, 0.15) is 39.6 Å². The Labute approximate surface area is 272 Å². The Morgan fingerprint density at radius 3 is 1.93 bits per heavy atom. The summed E-state index contributed by atoms with van der Waals surface area (Å²) in [4.78, 5) is 41.3. The van der Waals surface area contributed by atoms with Crippen molar-refractivity contribution in [2.45, 2.75) is 30.4 Å². The van der Waals surface area contributed by atoms with Crippen LogP contribution in [-0.2, 0) is 4.79 Å². The number of thioether (sulfide) groups is 1. The van der Waals surface area contributed by atoms with E-state index in [0.29, 0.717) is 17.7 Å². The van der Waals surface area contributed by atoms with Gasteiger partial charge in [0.05, 0.1) is 16.3 Å². The molecule has 0 saturated heterocycles. The number of nitrogens with zero attached hydrogens (tertiary/aromatic N) is 1. The Morgan fingerprint density at radius 1 is 0.739 bits per heavy atom. The number of nitrogens with one attached hydrogen (secondary N) is 2. The summed E-state index contributed by atoms with van der Waals surface area (Å²) >= 11 is 1.50. The van der Waals surface area contributed by atoms with E-state index in [1.807, 2.05) is 97.3 Å². The highest BCUT2D eigenvalue weighted by Gasteiger charge is 2.24. The number of benzene rings is 5. The summed E-state index contributed by atoms with van der Waals surface area (Å²) in [6, 6.07) is 39.9. The molecule has 5 aromatic carbocycles. The molecule has 1 atom stereocenters. The van der Waals surface area contributed by atoms with Crippen LogP contribution in [0.4, 0.5) is 5.69 Å². The monoisotopic (exact) mass is 623 g/mol. The zero-order chi connectivity index (χ0) is 32.0. The van der Waals surface area contributed by atoms with E-state index in [1.54, 1.807) is 42.5 Å². The van der Waals surface area contributed by atoms with Gasteiger partial charge in [0.15, 0.2) is 0 Å². The summed E-state index contributed by atoms with van der Waals surface area (Å²) < 4.78 is 1.84. The number of carbonyl (C=O) groups is 3. The lowest BCUT2D eigenvalue weighted by molar-refractivity contribution is -0.113. The number of aryl methyl sites for hydroxylation is 1. The third-order valence-corrected chi connectivity index (χ3v) is 9.12. The van der Waals surface area contributed by atoms with Gasteiger partial charge in [0.1, 0.15) is 5.70 Å². The summed E-state index contributed by atoms with van der Waals surface area (Å²) in [5.41, 5.74) is 4.83. The Kier molecular flexibility index (Phi) is 9.13. The van der Waals surface area contributed by atoms with Crippen LogP contribution in [0.25, 0.3) is 27.9 Å². The minimum atomic E-state index is -0.446. The van der Waals surface area contributed by atoms with Crippen molar-refractivity contribution in [3.63, 3.8) is 0 Å². The van der Waals surface area contributed by atoms with Gasteiger partial charge < -0.3 is 10.6 Å². The summed E-state index contributed by atoms with van der Waals surface area (Å²) in [6.07, 6.45) is 2.31. The third-order valence-electron chi connectivity index (χ3n) is 7.75. The average Bonchev–Trinajstić information content (AvgIpc) is 3.43. The molecule has 6 nitrogen and oxygen atoms in total. The van der Waals surface area contributed by atoms with Gasteiger partial charge in [0, 0.05) is 26.9 Å². The maximum Gasteiger partial charge on any atom is 0.272 e. The Balaban J connectivity index is 1.19. The highest BCUT2D eigenvalue weighted by Crippen LogP contribution is 2.33. The van der Waals surface area contributed by atoms with Crippen LogP contribution in [0.2, 0.25) is 0 Å². The molecule has 0 aliphatic carbocycles. The minimum absolute atomic E-state index is 0.0299. The largest absolute Gasteiger partial charge is 0.321 e. The van der Waals surface area contributed by atoms with Crippen LogP contribution in [0.15, 0.2) is 138 Å². The highest BCUT2D eigenvalue weighted by atomic mass is 32.2. The molecule has 0 fully saturated rings. The second-order valence-electron chi connectivity index (χ2n) is 11.0. The molecule has 46 heavy (non-hydrogen) atoms. The standard InChI is InChI=1S/C39H33N3O3S/c1-3-36(39(45)42-34-15-9-7-13-31(34)32-14-8-10-16-35(32)42)46-30-23-21-29(22-24-30)40-38(44)33(25-27-19-17-26(2)18-20-27)41-37(43)28-11-5-4-6-12-28/h4-25,36H,3H2,1-2H3,(H,40,44)(H,41,43)/b33-25-. The summed E-state index contributed by atoms with van der Waals surface area (Å²) in [5.74, 6) is -0.792. The molecule has 228 valence electrons. The first-order valence-corrected chi connectivity index (χ1v) is 16.0. The Morgan fingerprint density at radius 2 is 1.33 bits per heavy atom. The van der Waals surface area contributed by atoms with Gasteiger partial charge in [-0.2, -0.15) is 0 Å². The molecule has 1 unspecified atom stereocenters. The number of fused-ring (bicyclic) bond motifs is 3. The molecule has 2 amide bonds. The fourth-order valence-electron chi connectivity index (χ4n) is 5.36. The van der Waals surface area contributed by atoms with E-state index < -0.39 is 5.91 Å². The number of para-hydroxylation sites is 2. The number of anilines is 1. The van der Waals surface area contributed by atoms with Crippen LogP contribution in [-0.4, -0.2) is 27.5 Å². The Hall–Kier alpha value is -5.40. The van der Waals surface area contributed by atoms with Crippen LogP contribution in [0.3, 0.4) is 0 Å². The lowest BCUT2D eigenvalue weighted by Crippen LogP contribution is -2.30. The number of aromatic nitrogens is 1. The fraction of sp³-hybridized carbons (Fsp3) is 0.103. The number of amides is 2. The van der Waals surface area contributed by atoms with Crippen LogP contribution < -0.4 is 10.6 Å². The van der Waals surface area contributed by atoms with E-state index in [1.165, 1.54) is 11.8 Å². The molecule has 1 heterocycles. The van der Waals surface area contributed by atoms with Gasteiger partial charge in [-0.05, 0) is 73.5 Å². The molecule has 0 saturated carbocycles. The summed E-state index contributed by atoms with van der Waals surface area (Å²) in [6.45, 7) is 4.01. The average molecular weight is 624 g/mol. The molecule has 2 N–H and O–H groups in total. The number of rotatable bonds is 9. The molecule has 0 bridgehead atoms. The third kappa shape index (κ3) is 6.65. The molecule has 6 aromatic rings. The summed E-state index contributed by atoms with van der Waals surface area (Å²) in [7, 11) is 0. The van der Waals surface area contributed by atoms with Crippen LogP contribution >= 0.6 is 11.8 Å². The van der Waals surface area contributed by atoms with Crippen molar-refractivity contribution in [1.29, 1.82) is 0 Å². The molecule has 6 rings (SSSR count). The number of carbonyl (C=O) groups excluding carboxylic acids is 3. The van der Waals surface area contributed by atoms with E-state index in [4.69, 9.17) is 0 Å². The molecule has 7 heteroatoms. The maximum atomic E-state index is 14.0. The van der Waals surface area contributed by atoms with Crippen molar-refractivity contribution in [3.05, 3.63) is 150 Å². The Bertz CT molecular complexity index is 2010. The normalized spacial score (nSPS) is 12.2. The second kappa shape index (κ2) is 13.7. The van der Waals surface area contributed by atoms with Crippen LogP contribution in [0, 0.1) is 6.92 Å². The van der Waals surface area contributed by atoms with Crippen molar-refractivity contribution in [3.8, 4) is 0 Å². The lowest BCUT2D eigenvalue weighted by atomic mass is 10.1. The lowest BCUT2D eigenvalue weighted by Gasteiger charge is -2.16. The number of hydrogen-bond acceptors (Lipinski definition) is 4. The fourth-order valence-corrected chi connectivity index (χ4v) is 6.36. The van der Waals surface area contributed by atoms with Crippen molar-refractivity contribution in [2.24, 2.45) is 0 Å². The van der Waals surface area contributed by atoms with Gasteiger partial charge in [-0.3, -0.25) is 19.0 Å². The quantitative estimate of drug-likeness (QED) is 0.125. The second-order valence-corrected chi connectivity index (χ2v) is 12.3. The predicted octanol–water partition coefficient (Wildman–Crippen LogP) is 8.72. The maximum absolute atomic E-state index is 14.0. The SMILES string of the molecule is CCC(Sc1ccc(NC(=O)/C(=C/c2ccc(C)cc2)NC(=O)c2ccccc2)cc1)C(=O)n1c2ccccc2c2ccccc21. The van der Waals surface area contributed by atoms with Crippen molar-refractivity contribution in [1.82, 2.24) is 9.88 Å². The topological polar surface area (TPSA) is 80.2 Å². The molecule has 1 aromatic heterocycles. The molecular formula is C39H33N3O3S. The molecule has 0 radical (unpaired) electrons. The van der Waals surface area contributed by atoms with Crippen molar-refractivity contribution in [2.75, 3.05) is 5.32 Å². The van der Waals surface area contributed by atoms with Gasteiger partial charge in [-0.25, -0.2) is 0 Å². The molecule has 0 spiro atoms. The van der Waals surface area contributed by atoms with Crippen LogP contribution in [0.5, 0.6) is 0 Å². The van der Waals surface area contributed by atoms with E-state index >= 15 is 0 Å². The van der Waals surface area contributed by atoms with Crippen molar-refractivity contribution >= 4 is 63.1 Å². The smallest absolute Gasteiger partial charge is 0.272 e. The first-order chi connectivity index (χ1) is 22.4. The zero-order valence-electron chi connectivity index (χ0n) is 25.6. The summed E-state index contributed by atoms with van der Waals surface area (Å²) in [5, 5.41) is 7.49. The van der Waals surface area contributed by atoms with E-state index in [0.717, 1.165) is 37.8 Å². The number of hydrogen-bond donors (Lipinski definition) is 2. The molecule has 0 aliphatic heterocycles. The highest BCUT2D eigenvalue weighted by molar-refractivity contribution is 8.00. The van der Waals surface area contributed by atoms with Gasteiger partial charge in [-0.15, -0.1) is 11.8 Å². The van der Waals surface area contributed by atoms with E-state index in [2.05, 4.69) is 22.8 Å². The minimum Gasteiger partial charge on any atom is -0.321 e. The zero-order valence-corrected chi connectivity index (χ0v) is 26.4. The van der Waals surface area contributed by atoms with Gasteiger partial charge in [0.2, 0.25) is 5.91 Å². The van der Waals surface area contributed by atoms with Crippen molar-refractivity contribution < 1.29 is 14.4 Å². The van der Waals surface area contributed by atoms with E-state index in [9.17, 15) is 14.4 Å². The molecular weight excluding hydrogens is 591 g/mol. The first-order valence-electron chi connectivity index (χ1n) is 15.2. The van der Waals surface area contributed by atoms with Gasteiger partial charge in [-0.1, -0.05) is 91.3 Å². The predicted molar refractivity (Wildman–Crippen MR) is 188 cm³/mol.